The van der Waals surface area contributed by atoms with Crippen LogP contribution in [0.3, 0.4) is 0 Å². The average Bonchev–Trinajstić information content (AvgIpc) is 2.34. The van der Waals surface area contributed by atoms with Gasteiger partial charge in [0.25, 0.3) is 0 Å². The molecular formula is C15H21NO2. The van der Waals surface area contributed by atoms with Crippen molar-refractivity contribution in [3.63, 3.8) is 0 Å². The molecule has 0 aromatic heterocycles. The van der Waals surface area contributed by atoms with E-state index in [1.165, 1.54) is 5.69 Å². The van der Waals surface area contributed by atoms with Crippen LogP contribution in [0.4, 0.5) is 5.69 Å². The maximum atomic E-state index is 11.8. The summed E-state index contributed by atoms with van der Waals surface area (Å²) >= 11 is 0. The molecular weight excluding hydrogens is 226 g/mol. The van der Waals surface area contributed by atoms with Crippen LogP contribution >= 0.6 is 0 Å². The Morgan fingerprint density at radius 3 is 2.50 bits per heavy atom. The first-order chi connectivity index (χ1) is 8.53. The van der Waals surface area contributed by atoms with Gasteiger partial charge in [-0.15, -0.1) is 0 Å². The molecule has 98 valence electrons. The van der Waals surface area contributed by atoms with E-state index < -0.39 is 0 Å². The third-order valence-electron chi connectivity index (χ3n) is 3.46. The number of nitrogens with zero attached hydrogens (tertiary/aromatic N) is 1. The number of piperidine rings is 1. The molecule has 0 unspecified atom stereocenters. The van der Waals surface area contributed by atoms with Gasteiger partial charge in [0.05, 0.1) is 6.61 Å². The highest BCUT2D eigenvalue weighted by molar-refractivity contribution is 5.86. The van der Waals surface area contributed by atoms with Crippen molar-refractivity contribution in [3.8, 4) is 5.75 Å². The third-order valence-corrected chi connectivity index (χ3v) is 3.46. The Bertz CT molecular complexity index is 423. The van der Waals surface area contributed by atoms with Gasteiger partial charge in [-0.2, -0.15) is 0 Å². The molecule has 3 heteroatoms. The highest BCUT2D eigenvalue weighted by Crippen LogP contribution is 2.29. The molecule has 0 atom stereocenters. The highest BCUT2D eigenvalue weighted by atomic mass is 16.5. The zero-order valence-corrected chi connectivity index (χ0v) is 11.4. The van der Waals surface area contributed by atoms with E-state index in [1.54, 1.807) is 0 Å². The van der Waals surface area contributed by atoms with E-state index in [4.69, 9.17) is 4.74 Å². The third kappa shape index (κ3) is 2.66. The van der Waals surface area contributed by atoms with Crippen LogP contribution in [0.25, 0.3) is 0 Å². The van der Waals surface area contributed by atoms with Crippen molar-refractivity contribution in [2.24, 2.45) is 5.41 Å². The second kappa shape index (κ2) is 5.01. The Kier molecular flexibility index (Phi) is 3.60. The number of hydrogen-bond acceptors (Lipinski definition) is 3. The van der Waals surface area contributed by atoms with E-state index in [2.05, 4.69) is 17.0 Å². The SMILES string of the molecule is CCOc1ccc(N2CCC(=O)C(C)(C)C2)cc1. The second-order valence-electron chi connectivity index (χ2n) is 5.41. The molecule has 1 saturated heterocycles. The van der Waals surface area contributed by atoms with E-state index in [9.17, 15) is 4.79 Å². The molecule has 1 fully saturated rings. The summed E-state index contributed by atoms with van der Waals surface area (Å²) < 4.78 is 5.43. The van der Waals surface area contributed by atoms with Gasteiger partial charge in [-0.25, -0.2) is 0 Å². The standard InChI is InChI=1S/C15H21NO2/c1-4-18-13-7-5-12(6-8-13)16-10-9-14(17)15(2,3)11-16/h5-8H,4,9-11H2,1-3H3. The largest absolute Gasteiger partial charge is 0.494 e. The Morgan fingerprint density at radius 1 is 1.28 bits per heavy atom. The minimum atomic E-state index is -0.239. The summed E-state index contributed by atoms with van der Waals surface area (Å²) in [5, 5.41) is 0. The number of ether oxygens (including phenoxy) is 1. The lowest BCUT2D eigenvalue weighted by Gasteiger charge is -2.38. The molecule has 0 saturated carbocycles. The van der Waals surface area contributed by atoms with Gasteiger partial charge in [-0.1, -0.05) is 13.8 Å². The van der Waals surface area contributed by atoms with E-state index in [-0.39, 0.29) is 5.41 Å². The number of Topliss-reactive ketones (excluding diaryl/α,β-unsaturated/α-hetero) is 1. The minimum Gasteiger partial charge on any atom is -0.494 e. The zero-order valence-electron chi connectivity index (χ0n) is 11.4. The first-order valence-electron chi connectivity index (χ1n) is 6.54. The molecule has 0 amide bonds. The van der Waals surface area contributed by atoms with Gasteiger partial charge in [-0.05, 0) is 31.2 Å². The van der Waals surface area contributed by atoms with Crippen LogP contribution in [0.1, 0.15) is 27.2 Å². The van der Waals surface area contributed by atoms with Crippen LogP contribution in [-0.4, -0.2) is 25.5 Å². The summed E-state index contributed by atoms with van der Waals surface area (Å²) in [6, 6.07) is 8.11. The fraction of sp³-hybridized carbons (Fsp3) is 0.533. The van der Waals surface area contributed by atoms with Crippen LogP contribution < -0.4 is 9.64 Å². The molecule has 1 aromatic rings. The van der Waals surface area contributed by atoms with Crippen molar-refractivity contribution in [1.82, 2.24) is 0 Å². The summed E-state index contributed by atoms with van der Waals surface area (Å²) in [6.45, 7) is 8.32. The zero-order chi connectivity index (χ0) is 13.2. The molecule has 0 bridgehead atoms. The van der Waals surface area contributed by atoms with Crippen LogP contribution in [0.15, 0.2) is 24.3 Å². The van der Waals surface area contributed by atoms with Crippen LogP contribution in [-0.2, 0) is 4.79 Å². The first-order valence-corrected chi connectivity index (χ1v) is 6.54. The van der Waals surface area contributed by atoms with Crippen molar-refractivity contribution >= 4 is 11.5 Å². The fourth-order valence-corrected chi connectivity index (χ4v) is 2.36. The molecule has 2 rings (SSSR count). The van der Waals surface area contributed by atoms with Crippen molar-refractivity contribution in [2.45, 2.75) is 27.2 Å². The summed E-state index contributed by atoms with van der Waals surface area (Å²) in [6.07, 6.45) is 0.639. The van der Waals surface area contributed by atoms with Crippen molar-refractivity contribution in [1.29, 1.82) is 0 Å². The smallest absolute Gasteiger partial charge is 0.142 e. The Balaban J connectivity index is 2.10. The molecule has 1 aromatic carbocycles. The fourth-order valence-electron chi connectivity index (χ4n) is 2.36. The number of benzene rings is 1. The van der Waals surface area contributed by atoms with Crippen LogP contribution in [0, 0.1) is 5.41 Å². The van der Waals surface area contributed by atoms with E-state index in [1.807, 2.05) is 32.9 Å². The molecule has 1 aliphatic heterocycles. The monoisotopic (exact) mass is 247 g/mol. The van der Waals surface area contributed by atoms with Gasteiger partial charge in [0.1, 0.15) is 11.5 Å². The lowest BCUT2D eigenvalue weighted by atomic mass is 9.82. The second-order valence-corrected chi connectivity index (χ2v) is 5.41. The van der Waals surface area contributed by atoms with Gasteiger partial charge >= 0.3 is 0 Å². The highest BCUT2D eigenvalue weighted by Gasteiger charge is 2.34. The number of carbonyl (C=O) groups excluding carboxylic acids is 1. The summed E-state index contributed by atoms with van der Waals surface area (Å²) in [4.78, 5) is 14.1. The predicted octanol–water partition coefficient (Wildman–Crippen LogP) is 2.89. The van der Waals surface area contributed by atoms with Gasteiger partial charge < -0.3 is 9.64 Å². The van der Waals surface area contributed by atoms with Crippen molar-refractivity contribution in [3.05, 3.63) is 24.3 Å². The molecule has 1 aliphatic rings. The molecule has 3 nitrogen and oxygen atoms in total. The molecule has 18 heavy (non-hydrogen) atoms. The number of anilines is 1. The Labute approximate surface area is 109 Å². The lowest BCUT2D eigenvalue weighted by molar-refractivity contribution is -0.127. The maximum absolute atomic E-state index is 11.8. The van der Waals surface area contributed by atoms with Gasteiger partial charge in [0.15, 0.2) is 0 Å². The topological polar surface area (TPSA) is 29.5 Å². The average molecular weight is 247 g/mol. The summed E-state index contributed by atoms with van der Waals surface area (Å²) in [5.74, 6) is 1.26. The molecule has 0 spiro atoms. The van der Waals surface area contributed by atoms with Crippen LogP contribution in [0.5, 0.6) is 5.75 Å². The van der Waals surface area contributed by atoms with Gasteiger partial charge in [-0.3, -0.25) is 4.79 Å². The van der Waals surface area contributed by atoms with E-state index >= 15 is 0 Å². The molecule has 0 N–H and O–H groups in total. The molecule has 0 radical (unpaired) electrons. The molecule has 1 heterocycles. The summed E-state index contributed by atoms with van der Waals surface area (Å²) in [5.41, 5.74) is 0.927. The number of hydrogen-bond donors (Lipinski definition) is 0. The van der Waals surface area contributed by atoms with Crippen molar-refractivity contribution in [2.75, 3.05) is 24.6 Å². The van der Waals surface area contributed by atoms with Gasteiger partial charge in [0, 0.05) is 30.6 Å². The summed E-state index contributed by atoms with van der Waals surface area (Å²) in [7, 11) is 0. The number of carbonyl (C=O) groups is 1. The quantitative estimate of drug-likeness (QED) is 0.822. The minimum absolute atomic E-state index is 0.239. The first kappa shape index (κ1) is 12.9. The van der Waals surface area contributed by atoms with E-state index in [0.29, 0.717) is 18.8 Å². The normalized spacial score (nSPS) is 18.8. The predicted molar refractivity (Wildman–Crippen MR) is 73.2 cm³/mol. The maximum Gasteiger partial charge on any atom is 0.142 e. The van der Waals surface area contributed by atoms with Crippen molar-refractivity contribution < 1.29 is 9.53 Å². The molecule has 0 aliphatic carbocycles. The lowest BCUT2D eigenvalue weighted by Crippen LogP contribution is -2.46. The Hall–Kier alpha value is -1.51. The van der Waals surface area contributed by atoms with E-state index in [0.717, 1.165) is 18.8 Å². The van der Waals surface area contributed by atoms with Crippen LogP contribution in [0.2, 0.25) is 0 Å². The Morgan fingerprint density at radius 2 is 1.94 bits per heavy atom. The number of ketones is 1. The number of rotatable bonds is 3. The van der Waals surface area contributed by atoms with Gasteiger partial charge in [0.2, 0.25) is 0 Å².